The van der Waals surface area contributed by atoms with Gasteiger partial charge in [0.2, 0.25) is 112 Å². The molecule has 3 rings (SSSR count). The molecule has 30 N–H and O–H groups in total. The van der Waals surface area contributed by atoms with Gasteiger partial charge in [0.05, 0.1) is 25.6 Å². The van der Waals surface area contributed by atoms with Gasteiger partial charge in [-0.2, -0.15) is 0 Å². The SMILES string of the molecule is CC(C)C[C@H](NC(=O)[C@H](C)NC(=O)[C@@H]1CCCCNC/C=C/CNCCCC[C@H](NC(=O)[C@H](CC(C)C)NC(=O)[C@H](CC(C)C)NC(=O)[C@H](CC(=O)O)NC(=O)[C@H](CCCCN)NC(=O)[C@H](Cc2ccccc2)NC(=O)CN)C(=O)NCC(=O)N[C@@H](C)C(=O)N[C@@H](C)C(=O)N1)C(=O)N[C@H](C(=O)N[C@@H](CCCCN)C(=O)N[C@H](C(=O)N[C@H](C(=O)N[C@@H](CC(C)C)C(=O)N[C@@H](Cc1ccccc1)C(N)=O)C(C)C)[C@@H](C)O)C(C)C. The summed E-state index contributed by atoms with van der Waals surface area (Å²) >= 11 is 0. The Morgan fingerprint density at radius 2 is 0.769 bits per heavy atom. The lowest BCUT2D eigenvalue weighted by molar-refractivity contribution is -0.141. The van der Waals surface area contributed by atoms with Crippen molar-refractivity contribution in [3.05, 3.63) is 83.9 Å². The van der Waals surface area contributed by atoms with Crippen molar-refractivity contribution in [1.82, 2.24) is 106 Å². The number of carboxylic acids is 1. The average Bonchev–Trinajstić information content (AvgIpc) is 0.842. The van der Waals surface area contributed by atoms with E-state index in [2.05, 4.69) is 106 Å². The molecule has 0 saturated heterocycles. The van der Waals surface area contributed by atoms with E-state index in [-0.39, 0.29) is 107 Å². The number of amides is 19. The summed E-state index contributed by atoms with van der Waals surface area (Å²) in [6.07, 6.45) is 4.23. The molecule has 0 spiro atoms. The highest BCUT2D eigenvalue weighted by Gasteiger charge is 2.41. The normalized spacial score (nSPS) is 18.7. The summed E-state index contributed by atoms with van der Waals surface area (Å²) in [6, 6.07) is -6.13. The number of hydrogen-bond donors (Lipinski definition) is 26. The van der Waals surface area contributed by atoms with Crippen LogP contribution in [0.2, 0.25) is 0 Å². The number of carboxylic acid groups (broad SMARTS) is 1. The third-order valence-corrected chi connectivity index (χ3v) is 24.0. The summed E-state index contributed by atoms with van der Waals surface area (Å²) in [5, 5.41) is 74.7. The van der Waals surface area contributed by atoms with E-state index >= 15 is 0 Å². The number of unbranched alkanes of at least 4 members (excludes halogenated alkanes) is 2. The molecular formula is C101H168N24O22. The van der Waals surface area contributed by atoms with E-state index in [0.717, 1.165) is 0 Å². The minimum Gasteiger partial charge on any atom is -0.481 e. The Labute approximate surface area is 862 Å². The molecule has 0 radical (unpaired) electrons. The molecule has 2 aromatic carbocycles. The fraction of sp³-hybridized carbons (Fsp3) is 0.663. The van der Waals surface area contributed by atoms with Crippen LogP contribution in [0.1, 0.15) is 231 Å². The van der Waals surface area contributed by atoms with Gasteiger partial charge in [0.25, 0.3) is 0 Å². The second-order valence-corrected chi connectivity index (χ2v) is 39.9. The first kappa shape index (κ1) is 128. The lowest BCUT2D eigenvalue weighted by atomic mass is 9.98. The first-order valence-electron chi connectivity index (χ1n) is 51.3. The van der Waals surface area contributed by atoms with E-state index in [1.54, 1.807) is 130 Å². The van der Waals surface area contributed by atoms with Crippen molar-refractivity contribution < 1.29 is 106 Å². The fourth-order valence-electron chi connectivity index (χ4n) is 15.8. The Bertz CT molecular complexity index is 4600. The summed E-state index contributed by atoms with van der Waals surface area (Å²) in [4.78, 5) is 280. The Morgan fingerprint density at radius 3 is 1.22 bits per heavy atom. The molecule has 147 heavy (non-hydrogen) atoms. The molecule has 2 aromatic rings. The Morgan fingerprint density at radius 1 is 0.395 bits per heavy atom. The van der Waals surface area contributed by atoms with Gasteiger partial charge in [0.1, 0.15) is 103 Å². The quantitative estimate of drug-likeness (QED) is 0.0232. The number of rotatable bonds is 54. The number of benzene rings is 2. The largest absolute Gasteiger partial charge is 0.481 e. The average molecular weight is 2070 g/mol. The summed E-state index contributed by atoms with van der Waals surface area (Å²) in [7, 11) is 0. The second kappa shape index (κ2) is 68.7. The third-order valence-electron chi connectivity index (χ3n) is 24.0. The van der Waals surface area contributed by atoms with Gasteiger partial charge in [-0.25, -0.2) is 0 Å². The molecular weight excluding hydrogens is 1900 g/mol. The number of aliphatic hydroxyl groups excluding tert-OH is 1. The zero-order valence-corrected chi connectivity index (χ0v) is 88.2. The van der Waals surface area contributed by atoms with E-state index in [4.69, 9.17) is 22.9 Å². The number of nitrogens with one attached hydrogen (secondary N) is 20. The molecule has 0 aromatic heterocycles. The van der Waals surface area contributed by atoms with Crippen LogP contribution < -0.4 is 129 Å². The standard InChI is InChI=1S/C101H168N24O22/c1-56(2)47-73(119-95(141)74(48-57(3)4)120-97(143)78(53-81(129)130)121-91(137)70(37-23-27-41-102)115-96(142)77(112-79(127)54-104)52-67-35-21-18-22-36-67)93(139)114-68-39-25-29-43-106-45-31-32-46-107-44-30-26-40-69(113-87(133)63(14)110-86(132)62(13)109-80(128)55-108-89(68)135)90(136)111-64(15)88(134)118-76(50-59(7)8)98(144)123-82(60(9)10)99(145)116-71(38-24-28-42-103)92(138)125-84(65(16)126)101(147)124-83(61(11)12)100(146)122-75(49-58(5)6)94(140)117-72(85(105)131)51-66-33-19-17-20-34-66/h17-22,31-36,56-65,68-78,82-84,106-107,126H,23-30,37-55,102-104H2,1-16H3,(H2,105,131)(H,108,135)(H,109,128)(H,110,132)(H,111,136)(H,112,127)(H,113,133)(H,114,139)(H,115,142)(H,116,145)(H,117,140)(H,118,134)(H,119,141)(H,120,143)(H,121,137)(H,122,146)(H,123,144)(H,124,147)(H,125,138)(H,129,130)/b32-31+/t62-,63-,64-,65+,68-,69-,70-,71-,72-,73-,74-,75-,76-,77-,78-,82-,83-,84-/m0/s1. The maximum absolute atomic E-state index is 14.6. The van der Waals surface area contributed by atoms with Crippen LogP contribution in [0.5, 0.6) is 0 Å². The van der Waals surface area contributed by atoms with Gasteiger partial charge in [-0.05, 0) is 203 Å². The van der Waals surface area contributed by atoms with Crippen molar-refractivity contribution in [2.45, 2.75) is 342 Å². The van der Waals surface area contributed by atoms with Gasteiger partial charge in [-0.1, -0.05) is 156 Å². The van der Waals surface area contributed by atoms with Crippen LogP contribution in [0.3, 0.4) is 0 Å². The number of aliphatic carboxylic acids is 1. The number of hydrogen-bond acceptors (Lipinski definition) is 26. The predicted octanol–water partition coefficient (Wildman–Crippen LogP) is -2.97. The predicted molar refractivity (Wildman–Crippen MR) is 551 cm³/mol. The summed E-state index contributed by atoms with van der Waals surface area (Å²) in [5.74, 6) is -20.2. The maximum Gasteiger partial charge on any atom is 0.305 e. The highest BCUT2D eigenvalue weighted by Crippen LogP contribution is 2.19. The van der Waals surface area contributed by atoms with Crippen molar-refractivity contribution >= 4 is 118 Å². The molecule has 1 heterocycles. The molecule has 0 bridgehead atoms. The maximum atomic E-state index is 14.6. The minimum atomic E-state index is -1.84. The lowest BCUT2D eigenvalue weighted by Crippen LogP contribution is -2.63. The van der Waals surface area contributed by atoms with Crippen LogP contribution in [-0.4, -0.2) is 290 Å². The zero-order valence-electron chi connectivity index (χ0n) is 88.2. The molecule has 18 atom stereocenters. The van der Waals surface area contributed by atoms with Gasteiger partial charge in [0, 0.05) is 25.9 Å². The molecule has 0 unspecified atom stereocenters. The van der Waals surface area contributed by atoms with Gasteiger partial charge >= 0.3 is 5.97 Å². The minimum absolute atomic E-state index is 0.00320. The molecule has 1 aliphatic rings. The third kappa shape index (κ3) is 50.5. The molecule has 0 fully saturated rings. The molecule has 1 aliphatic heterocycles. The summed E-state index contributed by atoms with van der Waals surface area (Å²) in [6.45, 7) is 26.8. The Kier molecular flexibility index (Phi) is 60.1. The number of carbonyl (C=O) groups excluding carboxylic acids is 19. The van der Waals surface area contributed by atoms with Crippen molar-refractivity contribution in [3.63, 3.8) is 0 Å². The van der Waals surface area contributed by atoms with Gasteiger partial charge in [0.15, 0.2) is 0 Å². The monoisotopic (exact) mass is 2070 g/mol. The van der Waals surface area contributed by atoms with Crippen molar-refractivity contribution in [2.75, 3.05) is 52.4 Å². The van der Waals surface area contributed by atoms with Crippen molar-refractivity contribution in [3.8, 4) is 0 Å². The van der Waals surface area contributed by atoms with Gasteiger partial charge in [-0.15, -0.1) is 0 Å². The van der Waals surface area contributed by atoms with Crippen LogP contribution in [0, 0.1) is 35.5 Å². The first-order chi connectivity index (χ1) is 69.4. The van der Waals surface area contributed by atoms with Crippen molar-refractivity contribution in [2.24, 2.45) is 58.4 Å². The lowest BCUT2D eigenvalue weighted by Gasteiger charge is -2.30. The van der Waals surface area contributed by atoms with Crippen LogP contribution in [-0.2, 0) is 109 Å². The first-order valence-corrected chi connectivity index (χ1v) is 51.3. The highest BCUT2D eigenvalue weighted by molar-refractivity contribution is 6.02. The van der Waals surface area contributed by atoms with E-state index in [9.17, 15) is 106 Å². The smallest absolute Gasteiger partial charge is 0.305 e. The van der Waals surface area contributed by atoms with Crippen LogP contribution in [0.15, 0.2) is 72.8 Å². The number of aliphatic hydroxyl groups is 1. The van der Waals surface area contributed by atoms with Crippen LogP contribution >= 0.6 is 0 Å². The molecule has 46 heteroatoms. The van der Waals surface area contributed by atoms with Gasteiger partial charge in [-0.3, -0.25) is 95.9 Å². The highest BCUT2D eigenvalue weighted by atomic mass is 16.4. The molecule has 0 saturated carbocycles. The number of primary amides is 1. The number of nitrogens with two attached hydrogens (primary N) is 4. The van der Waals surface area contributed by atoms with E-state index < -0.39 is 258 Å². The topological polar surface area (TPSA) is 727 Å². The van der Waals surface area contributed by atoms with Crippen LogP contribution in [0.25, 0.3) is 0 Å². The summed E-state index contributed by atoms with van der Waals surface area (Å²) in [5.41, 5.74) is 24.3. The Balaban J connectivity index is 1.82. The summed E-state index contributed by atoms with van der Waals surface area (Å²) < 4.78 is 0. The van der Waals surface area contributed by atoms with Crippen molar-refractivity contribution in [1.29, 1.82) is 0 Å². The van der Waals surface area contributed by atoms with E-state index in [1.165, 1.54) is 27.7 Å². The van der Waals surface area contributed by atoms with Crippen LogP contribution in [0.4, 0.5) is 0 Å². The van der Waals surface area contributed by atoms with E-state index in [1.807, 2.05) is 26.0 Å². The fourth-order valence-corrected chi connectivity index (χ4v) is 15.8. The van der Waals surface area contributed by atoms with Gasteiger partial charge < -0.3 is 139 Å². The molecule has 46 nitrogen and oxygen atoms in total. The zero-order chi connectivity index (χ0) is 110. The van der Waals surface area contributed by atoms with E-state index in [0.29, 0.717) is 82.3 Å². The second-order valence-electron chi connectivity index (χ2n) is 39.9. The number of carbonyl (C=O) groups is 20. The molecule has 0 aliphatic carbocycles. The molecule has 19 amide bonds. The Hall–Kier alpha value is -12.7. The molecule has 824 valence electrons.